The van der Waals surface area contributed by atoms with Gasteiger partial charge in [-0.2, -0.15) is 18.2 Å². The first-order chi connectivity index (χ1) is 22.4. The lowest BCUT2D eigenvalue weighted by Crippen LogP contribution is -2.30. The van der Waals surface area contributed by atoms with Gasteiger partial charge in [-0.3, -0.25) is 9.69 Å². The Hall–Kier alpha value is -4.63. The Balaban J connectivity index is 1.22. The van der Waals surface area contributed by atoms with Crippen molar-refractivity contribution < 1.29 is 27.4 Å². The van der Waals surface area contributed by atoms with Crippen molar-refractivity contribution in [3.63, 3.8) is 0 Å². The van der Waals surface area contributed by atoms with E-state index in [1.54, 1.807) is 24.9 Å². The van der Waals surface area contributed by atoms with E-state index in [0.717, 1.165) is 50.6 Å². The number of benzene rings is 1. The molecule has 6 rings (SSSR count). The summed E-state index contributed by atoms with van der Waals surface area (Å²) in [5.41, 5.74) is 0.176. The molecule has 2 aliphatic heterocycles. The number of halogens is 4. The molecule has 248 valence electrons. The van der Waals surface area contributed by atoms with Crippen LogP contribution < -0.4 is 20.1 Å². The first-order valence-electron chi connectivity index (χ1n) is 15.0. The summed E-state index contributed by atoms with van der Waals surface area (Å²) in [6, 6.07) is 3.60. The van der Waals surface area contributed by atoms with Crippen LogP contribution >= 0.6 is 11.6 Å². The normalized spacial score (nSPS) is 19.3. The van der Waals surface area contributed by atoms with Crippen LogP contribution in [0.3, 0.4) is 0 Å². The van der Waals surface area contributed by atoms with E-state index in [1.807, 2.05) is 7.05 Å². The van der Waals surface area contributed by atoms with Crippen molar-refractivity contribution in [1.82, 2.24) is 29.7 Å². The van der Waals surface area contributed by atoms with Crippen molar-refractivity contribution in [2.45, 2.75) is 37.9 Å². The van der Waals surface area contributed by atoms with Crippen molar-refractivity contribution in [2.24, 2.45) is 18.0 Å². The van der Waals surface area contributed by atoms with E-state index >= 15 is 0 Å². The second-order valence-corrected chi connectivity index (χ2v) is 12.0. The summed E-state index contributed by atoms with van der Waals surface area (Å²) in [6.45, 7) is 1.19. The van der Waals surface area contributed by atoms with Gasteiger partial charge < -0.3 is 35.0 Å². The Morgan fingerprint density at radius 3 is 2.68 bits per heavy atom. The quantitative estimate of drug-likeness (QED) is 0.192. The molecule has 4 heterocycles. The highest BCUT2D eigenvalue weighted by molar-refractivity contribution is 6.36. The summed E-state index contributed by atoms with van der Waals surface area (Å²) in [6.07, 6.45) is 4.38. The van der Waals surface area contributed by atoms with Gasteiger partial charge in [0, 0.05) is 44.0 Å². The van der Waals surface area contributed by atoms with Gasteiger partial charge in [-0.05, 0) is 51.4 Å². The van der Waals surface area contributed by atoms with Crippen molar-refractivity contribution in [3.8, 4) is 11.5 Å². The molecule has 1 saturated carbocycles. The summed E-state index contributed by atoms with van der Waals surface area (Å²) in [5, 5.41) is 14.0. The van der Waals surface area contributed by atoms with Crippen LogP contribution in [0.2, 0.25) is 5.02 Å². The lowest BCUT2D eigenvalue weighted by atomic mass is 10.1. The van der Waals surface area contributed by atoms with E-state index in [1.165, 1.54) is 23.4 Å². The monoisotopic (exact) mass is 671 g/mol. The minimum atomic E-state index is -4.59. The molecule has 1 aromatic carbocycles. The number of likely N-dealkylation sites (tertiary alicyclic amines) is 1. The van der Waals surface area contributed by atoms with E-state index in [0.29, 0.717) is 17.0 Å². The second-order valence-electron chi connectivity index (χ2n) is 11.7. The summed E-state index contributed by atoms with van der Waals surface area (Å²) < 4.78 is 54.7. The summed E-state index contributed by atoms with van der Waals surface area (Å²) in [5.74, 6) is 0.904. The molecule has 3 N–H and O–H groups in total. The molecular formula is C31H33ClF3N9O3. The zero-order chi connectivity index (χ0) is 33.5. The minimum absolute atomic E-state index is 0.00321. The topological polar surface area (TPSA) is 133 Å². The zero-order valence-corrected chi connectivity index (χ0v) is 26.6. The van der Waals surface area contributed by atoms with Crippen LogP contribution in [0.5, 0.6) is 11.5 Å². The molecule has 1 atom stereocenters. The molecule has 0 spiro atoms. The fourth-order valence-electron chi connectivity index (χ4n) is 5.39. The number of aromatic nitrogens is 3. The highest BCUT2D eigenvalue weighted by Crippen LogP contribution is 2.37. The number of pyridine rings is 1. The lowest BCUT2D eigenvalue weighted by molar-refractivity contribution is -0.137. The molecule has 16 heteroatoms. The molecule has 12 nitrogen and oxygen atoms in total. The van der Waals surface area contributed by atoms with Gasteiger partial charge in [0.2, 0.25) is 11.9 Å². The number of fused-ring (bicyclic) bond motifs is 1. The van der Waals surface area contributed by atoms with Crippen molar-refractivity contribution >= 4 is 52.7 Å². The Morgan fingerprint density at radius 1 is 1.26 bits per heavy atom. The number of hydrogen-bond donors (Lipinski definition) is 3. The van der Waals surface area contributed by atoms with Crippen LogP contribution in [0.4, 0.5) is 24.8 Å². The zero-order valence-electron chi connectivity index (χ0n) is 25.9. The van der Waals surface area contributed by atoms with Crippen LogP contribution in [0.15, 0.2) is 52.9 Å². The Bertz CT molecular complexity index is 1820. The SMILES string of the molecule is CN(C(=O)C1CC1)C1=CN/C(=C(\C=N)Oc2cnc3nc(Nc4cc(OC[C@@H]5CCCN5C)cc(C(F)(F)F)c4)n(C)c3c2Cl)C=N1. The molecule has 3 aliphatic rings. The number of alkyl halides is 3. The number of amides is 1. The summed E-state index contributed by atoms with van der Waals surface area (Å²) >= 11 is 6.73. The third-order valence-corrected chi connectivity index (χ3v) is 8.67. The lowest BCUT2D eigenvalue weighted by Gasteiger charge is -2.21. The van der Waals surface area contributed by atoms with E-state index < -0.39 is 11.7 Å². The average Bonchev–Trinajstić information content (AvgIpc) is 3.75. The number of carbonyl (C=O) groups is 1. The Morgan fingerprint density at radius 2 is 2.04 bits per heavy atom. The van der Waals surface area contributed by atoms with Gasteiger partial charge >= 0.3 is 6.18 Å². The Labute approximate surface area is 273 Å². The van der Waals surface area contributed by atoms with Crippen LogP contribution in [0.1, 0.15) is 31.2 Å². The number of hydrogen-bond acceptors (Lipinski definition) is 10. The van der Waals surface area contributed by atoms with Gasteiger partial charge in [0.05, 0.1) is 24.2 Å². The highest BCUT2D eigenvalue weighted by Gasteiger charge is 2.34. The van der Waals surface area contributed by atoms with Gasteiger partial charge in [0.25, 0.3) is 0 Å². The maximum atomic E-state index is 13.8. The number of nitrogens with zero attached hydrogens (tertiary/aromatic N) is 6. The first-order valence-corrected chi connectivity index (χ1v) is 15.3. The average molecular weight is 672 g/mol. The largest absolute Gasteiger partial charge is 0.492 e. The molecular weight excluding hydrogens is 639 g/mol. The van der Waals surface area contributed by atoms with Crippen molar-refractivity contribution in [3.05, 3.63) is 58.5 Å². The predicted molar refractivity (Wildman–Crippen MR) is 171 cm³/mol. The number of ether oxygens (including phenoxy) is 2. The first kappa shape index (κ1) is 32.3. The van der Waals surface area contributed by atoms with E-state index in [2.05, 4.69) is 30.5 Å². The van der Waals surface area contributed by atoms with Crippen molar-refractivity contribution in [2.75, 3.05) is 32.6 Å². The molecule has 0 bridgehead atoms. The molecule has 2 fully saturated rings. The van der Waals surface area contributed by atoms with Gasteiger partial charge in [-0.1, -0.05) is 11.6 Å². The van der Waals surface area contributed by atoms with Crippen molar-refractivity contribution in [1.29, 1.82) is 5.41 Å². The van der Waals surface area contributed by atoms with Gasteiger partial charge in [0.15, 0.2) is 23.0 Å². The number of likely N-dealkylation sites (N-methyl/N-ethyl adjacent to an activating group) is 1. The highest BCUT2D eigenvalue weighted by atomic mass is 35.5. The predicted octanol–water partition coefficient (Wildman–Crippen LogP) is 5.44. The van der Waals surface area contributed by atoms with Crippen LogP contribution in [-0.2, 0) is 18.0 Å². The number of imidazole rings is 1. The summed E-state index contributed by atoms with van der Waals surface area (Å²) in [7, 11) is 5.26. The number of allylic oxidation sites excluding steroid dienone is 2. The fraction of sp³-hybridized carbons (Fsp3) is 0.387. The Kier molecular flexibility index (Phi) is 8.85. The van der Waals surface area contributed by atoms with Crippen LogP contribution in [0.25, 0.3) is 11.2 Å². The molecule has 47 heavy (non-hydrogen) atoms. The molecule has 0 unspecified atom stereocenters. The molecule has 0 radical (unpaired) electrons. The standard InChI is InChI=1S/C31H33ClF3N9O3/c1-42-8-4-5-20(42)16-46-21-10-18(31(33,34)35)9-19(11-21)40-30-41-28-27(44(30)3)26(32)24(14-39-28)47-23(12-36)22-13-38-25(15-37-22)43(2)29(45)17-6-7-17/h9-15,17,20,36-37H,4-8,16H2,1-3H3,(H,39,40,41)/b23-22+,36-12?/t20-/m0/s1. The van der Waals surface area contributed by atoms with E-state index in [4.69, 9.17) is 26.5 Å². The summed E-state index contributed by atoms with van der Waals surface area (Å²) in [4.78, 5) is 29.1. The molecule has 1 aliphatic carbocycles. The maximum Gasteiger partial charge on any atom is 0.416 e. The molecule has 1 amide bonds. The van der Waals surface area contributed by atoms with Crippen LogP contribution in [-0.4, -0.2) is 76.0 Å². The fourth-order valence-corrected chi connectivity index (χ4v) is 5.69. The number of aliphatic imine (C=N–C) groups is 1. The molecule has 2 aromatic heterocycles. The van der Waals surface area contributed by atoms with E-state index in [9.17, 15) is 18.0 Å². The number of rotatable bonds is 10. The number of carbonyl (C=O) groups excluding carboxylic acids is 1. The van der Waals surface area contributed by atoms with Crippen LogP contribution in [0, 0.1) is 11.3 Å². The third-order valence-electron chi connectivity index (χ3n) is 8.31. The number of aryl methyl sites for hydroxylation is 1. The van der Waals surface area contributed by atoms with Gasteiger partial charge in [0.1, 0.15) is 28.6 Å². The second kappa shape index (κ2) is 12.9. The number of nitrogens with one attached hydrogen (secondary N) is 3. The van der Waals surface area contributed by atoms with Gasteiger partial charge in [-0.15, -0.1) is 0 Å². The third kappa shape index (κ3) is 6.90. The maximum absolute atomic E-state index is 13.8. The van der Waals surface area contributed by atoms with E-state index in [-0.39, 0.29) is 64.0 Å². The minimum Gasteiger partial charge on any atom is -0.492 e. The number of anilines is 2. The van der Waals surface area contributed by atoms with Gasteiger partial charge in [-0.25, -0.2) is 9.98 Å². The smallest absolute Gasteiger partial charge is 0.416 e. The molecule has 3 aromatic rings. The molecule has 1 saturated heterocycles.